The summed E-state index contributed by atoms with van der Waals surface area (Å²) in [5, 5.41) is 0. The summed E-state index contributed by atoms with van der Waals surface area (Å²) in [6.07, 6.45) is 1.27. The molecule has 1 aliphatic heterocycles. The van der Waals surface area contributed by atoms with Gasteiger partial charge < -0.3 is 10.6 Å². The smallest absolute Gasteiger partial charge is 0.0191 e. The van der Waals surface area contributed by atoms with E-state index in [-0.39, 0.29) is 0 Å². The summed E-state index contributed by atoms with van der Waals surface area (Å²) < 4.78 is 0. The van der Waals surface area contributed by atoms with Crippen molar-refractivity contribution in [2.75, 3.05) is 39.3 Å². The van der Waals surface area contributed by atoms with Crippen LogP contribution in [0.25, 0.3) is 0 Å². The molecule has 15 heavy (non-hydrogen) atoms. The minimum Gasteiger partial charge on any atom is -0.326 e. The molecule has 3 heteroatoms. The van der Waals surface area contributed by atoms with Gasteiger partial charge in [-0.05, 0) is 18.9 Å². The Balaban J connectivity index is 2.19. The van der Waals surface area contributed by atoms with Crippen LogP contribution in [0.3, 0.4) is 0 Å². The standard InChI is InChI=1S/C12H27N3/c1-4-5-14-6-8-15(9-7-14)10-12(13)11(2)3/h11-12H,4-10,13H2,1-3H3. The SMILES string of the molecule is CCCN1CCN(CC(N)C(C)C)CC1. The molecule has 1 aliphatic rings. The molecule has 1 heterocycles. The topological polar surface area (TPSA) is 32.5 Å². The summed E-state index contributed by atoms with van der Waals surface area (Å²) in [7, 11) is 0. The lowest BCUT2D eigenvalue weighted by molar-refractivity contribution is 0.122. The molecule has 1 rings (SSSR count). The summed E-state index contributed by atoms with van der Waals surface area (Å²) in [6.45, 7) is 13.8. The summed E-state index contributed by atoms with van der Waals surface area (Å²) in [5.41, 5.74) is 6.09. The van der Waals surface area contributed by atoms with Crippen molar-refractivity contribution in [3.63, 3.8) is 0 Å². The fourth-order valence-corrected chi connectivity index (χ4v) is 2.02. The van der Waals surface area contributed by atoms with E-state index in [2.05, 4.69) is 30.6 Å². The molecule has 0 aliphatic carbocycles. The molecule has 0 spiro atoms. The summed E-state index contributed by atoms with van der Waals surface area (Å²) >= 11 is 0. The Labute approximate surface area is 94.6 Å². The van der Waals surface area contributed by atoms with E-state index in [0.717, 1.165) is 6.54 Å². The second kappa shape index (κ2) is 6.46. The van der Waals surface area contributed by atoms with E-state index < -0.39 is 0 Å². The molecule has 1 atom stereocenters. The Morgan fingerprint density at radius 3 is 2.07 bits per heavy atom. The molecular formula is C12H27N3. The monoisotopic (exact) mass is 213 g/mol. The first-order chi connectivity index (χ1) is 7.13. The first-order valence-electron chi connectivity index (χ1n) is 6.33. The second-order valence-corrected chi connectivity index (χ2v) is 5.05. The molecule has 0 aromatic carbocycles. The van der Waals surface area contributed by atoms with Crippen molar-refractivity contribution in [3.8, 4) is 0 Å². The number of piperazine rings is 1. The van der Waals surface area contributed by atoms with Crippen molar-refractivity contribution < 1.29 is 0 Å². The van der Waals surface area contributed by atoms with E-state index >= 15 is 0 Å². The third-order valence-electron chi connectivity index (χ3n) is 3.33. The van der Waals surface area contributed by atoms with E-state index in [1.165, 1.54) is 39.1 Å². The van der Waals surface area contributed by atoms with Crippen LogP contribution in [0.1, 0.15) is 27.2 Å². The molecule has 0 saturated carbocycles. The Bertz CT molecular complexity index is 162. The van der Waals surface area contributed by atoms with Crippen LogP contribution in [0.2, 0.25) is 0 Å². The first-order valence-corrected chi connectivity index (χ1v) is 6.33. The van der Waals surface area contributed by atoms with Crippen LogP contribution in [0.5, 0.6) is 0 Å². The van der Waals surface area contributed by atoms with Gasteiger partial charge in [-0.1, -0.05) is 20.8 Å². The van der Waals surface area contributed by atoms with E-state index in [1.54, 1.807) is 0 Å². The Hall–Kier alpha value is -0.120. The highest BCUT2D eigenvalue weighted by Crippen LogP contribution is 2.06. The van der Waals surface area contributed by atoms with Gasteiger partial charge in [0.2, 0.25) is 0 Å². The molecule has 0 aromatic heterocycles. The zero-order chi connectivity index (χ0) is 11.3. The minimum atomic E-state index is 0.336. The van der Waals surface area contributed by atoms with Gasteiger partial charge in [0, 0.05) is 38.8 Å². The summed E-state index contributed by atoms with van der Waals surface area (Å²) in [6, 6.07) is 0.336. The van der Waals surface area contributed by atoms with E-state index in [0.29, 0.717) is 12.0 Å². The van der Waals surface area contributed by atoms with Gasteiger partial charge in [0.1, 0.15) is 0 Å². The Kier molecular flexibility index (Phi) is 5.58. The average molecular weight is 213 g/mol. The Morgan fingerprint density at radius 2 is 1.60 bits per heavy atom. The first kappa shape index (κ1) is 12.9. The highest BCUT2D eigenvalue weighted by molar-refractivity contribution is 4.76. The maximum absolute atomic E-state index is 6.09. The fraction of sp³-hybridized carbons (Fsp3) is 1.00. The molecule has 2 N–H and O–H groups in total. The van der Waals surface area contributed by atoms with Crippen LogP contribution in [0.4, 0.5) is 0 Å². The predicted octanol–water partition coefficient (Wildman–Crippen LogP) is 0.997. The quantitative estimate of drug-likeness (QED) is 0.739. The zero-order valence-electron chi connectivity index (χ0n) is 10.6. The molecule has 1 fully saturated rings. The lowest BCUT2D eigenvalue weighted by atomic mass is 10.0. The maximum atomic E-state index is 6.09. The van der Waals surface area contributed by atoms with Gasteiger partial charge >= 0.3 is 0 Å². The van der Waals surface area contributed by atoms with Crippen LogP contribution in [0.15, 0.2) is 0 Å². The largest absolute Gasteiger partial charge is 0.326 e. The van der Waals surface area contributed by atoms with Crippen molar-refractivity contribution in [3.05, 3.63) is 0 Å². The second-order valence-electron chi connectivity index (χ2n) is 5.05. The highest BCUT2D eigenvalue weighted by atomic mass is 15.3. The number of hydrogen-bond acceptors (Lipinski definition) is 3. The maximum Gasteiger partial charge on any atom is 0.0191 e. The van der Waals surface area contributed by atoms with Gasteiger partial charge in [-0.3, -0.25) is 4.90 Å². The lowest BCUT2D eigenvalue weighted by Gasteiger charge is -2.36. The molecule has 0 amide bonds. The van der Waals surface area contributed by atoms with Gasteiger partial charge in [-0.15, -0.1) is 0 Å². The van der Waals surface area contributed by atoms with Crippen LogP contribution in [0, 0.1) is 5.92 Å². The van der Waals surface area contributed by atoms with Crippen molar-refractivity contribution in [1.29, 1.82) is 0 Å². The van der Waals surface area contributed by atoms with Gasteiger partial charge in [0.25, 0.3) is 0 Å². The number of rotatable bonds is 5. The number of nitrogens with two attached hydrogens (primary N) is 1. The van der Waals surface area contributed by atoms with E-state index in [9.17, 15) is 0 Å². The molecule has 1 unspecified atom stereocenters. The van der Waals surface area contributed by atoms with Crippen molar-refractivity contribution in [2.45, 2.75) is 33.2 Å². The van der Waals surface area contributed by atoms with Gasteiger partial charge in [-0.2, -0.15) is 0 Å². The van der Waals surface area contributed by atoms with E-state index in [4.69, 9.17) is 5.73 Å². The molecule has 0 aromatic rings. The third-order valence-corrected chi connectivity index (χ3v) is 3.33. The van der Waals surface area contributed by atoms with Crippen LogP contribution >= 0.6 is 0 Å². The van der Waals surface area contributed by atoms with Crippen molar-refractivity contribution in [2.24, 2.45) is 11.7 Å². The molecular weight excluding hydrogens is 186 g/mol. The number of nitrogens with zero attached hydrogens (tertiary/aromatic N) is 2. The normalized spacial score (nSPS) is 22.2. The molecule has 90 valence electrons. The molecule has 0 bridgehead atoms. The fourth-order valence-electron chi connectivity index (χ4n) is 2.02. The lowest BCUT2D eigenvalue weighted by Crippen LogP contribution is -2.50. The van der Waals surface area contributed by atoms with Crippen molar-refractivity contribution in [1.82, 2.24) is 9.80 Å². The highest BCUT2D eigenvalue weighted by Gasteiger charge is 2.18. The van der Waals surface area contributed by atoms with E-state index in [1.807, 2.05) is 0 Å². The molecule has 3 nitrogen and oxygen atoms in total. The molecule has 1 saturated heterocycles. The van der Waals surface area contributed by atoms with Crippen LogP contribution < -0.4 is 5.73 Å². The summed E-state index contributed by atoms with van der Waals surface area (Å²) in [5.74, 6) is 0.596. The van der Waals surface area contributed by atoms with Gasteiger partial charge in [0.05, 0.1) is 0 Å². The third kappa shape index (κ3) is 4.49. The molecule has 0 radical (unpaired) electrons. The predicted molar refractivity (Wildman–Crippen MR) is 66.0 cm³/mol. The zero-order valence-corrected chi connectivity index (χ0v) is 10.6. The van der Waals surface area contributed by atoms with Gasteiger partial charge in [0.15, 0.2) is 0 Å². The number of hydrogen-bond donors (Lipinski definition) is 1. The van der Waals surface area contributed by atoms with Crippen LogP contribution in [-0.4, -0.2) is 55.1 Å². The minimum absolute atomic E-state index is 0.336. The average Bonchev–Trinajstić information content (AvgIpc) is 2.21. The van der Waals surface area contributed by atoms with Crippen LogP contribution in [-0.2, 0) is 0 Å². The van der Waals surface area contributed by atoms with Gasteiger partial charge in [-0.25, -0.2) is 0 Å². The Morgan fingerprint density at radius 1 is 1.07 bits per heavy atom. The van der Waals surface area contributed by atoms with Crippen molar-refractivity contribution >= 4 is 0 Å². The summed E-state index contributed by atoms with van der Waals surface area (Å²) in [4.78, 5) is 5.06.